The third-order valence-electron chi connectivity index (χ3n) is 6.21. The Bertz CT molecular complexity index is 905. The summed E-state index contributed by atoms with van der Waals surface area (Å²) in [4.78, 5) is 0. The summed E-state index contributed by atoms with van der Waals surface area (Å²) in [6.07, 6.45) is 4.57. The van der Waals surface area contributed by atoms with Gasteiger partial charge in [-0.05, 0) is 43.2 Å². The molecule has 2 aromatic rings. The quantitative estimate of drug-likeness (QED) is 0.707. The van der Waals surface area contributed by atoms with E-state index in [-0.39, 0.29) is 11.3 Å². The summed E-state index contributed by atoms with van der Waals surface area (Å²) in [7, 11) is -1.68. The van der Waals surface area contributed by atoms with E-state index in [1.807, 2.05) is 30.3 Å². The van der Waals surface area contributed by atoms with Crippen molar-refractivity contribution < 1.29 is 12.8 Å². The normalized spacial score (nSPS) is 22.0. The van der Waals surface area contributed by atoms with Gasteiger partial charge in [-0.1, -0.05) is 31.5 Å². The Hall–Kier alpha value is -1.77. The van der Waals surface area contributed by atoms with Crippen LogP contribution in [-0.4, -0.2) is 53.9 Å². The van der Waals surface area contributed by atoms with E-state index in [4.69, 9.17) is 4.42 Å². The first-order valence-electron chi connectivity index (χ1n) is 10.1. The van der Waals surface area contributed by atoms with Crippen LogP contribution in [0.2, 0.25) is 0 Å². The molecular formula is C20H28N4O3S. The summed E-state index contributed by atoms with van der Waals surface area (Å²) in [6, 6.07) is 9.77. The van der Waals surface area contributed by atoms with E-state index < -0.39 is 10.2 Å². The van der Waals surface area contributed by atoms with Crippen LogP contribution in [0.3, 0.4) is 0 Å². The van der Waals surface area contributed by atoms with E-state index >= 15 is 0 Å². The smallest absolute Gasteiger partial charge is 0.281 e. The van der Waals surface area contributed by atoms with Gasteiger partial charge in [-0.2, -0.15) is 17.0 Å². The number of unbranched alkanes of at least 4 members (excludes halogenated alkanes) is 1. The van der Waals surface area contributed by atoms with Gasteiger partial charge in [0.25, 0.3) is 10.2 Å². The number of hydrogen-bond donors (Lipinski definition) is 0. The van der Waals surface area contributed by atoms with Crippen molar-refractivity contribution >= 4 is 10.2 Å². The second-order valence-electron chi connectivity index (χ2n) is 8.01. The van der Waals surface area contributed by atoms with Crippen LogP contribution in [0.25, 0.3) is 11.5 Å². The lowest BCUT2D eigenvalue weighted by Gasteiger charge is -2.34. The second-order valence-corrected chi connectivity index (χ2v) is 10.0. The van der Waals surface area contributed by atoms with Gasteiger partial charge in [0, 0.05) is 38.2 Å². The second kappa shape index (κ2) is 7.57. The largest absolute Gasteiger partial charge is 0.420 e. The third kappa shape index (κ3) is 3.60. The monoisotopic (exact) mass is 404 g/mol. The van der Waals surface area contributed by atoms with E-state index in [1.54, 1.807) is 11.4 Å². The zero-order valence-electron chi connectivity index (χ0n) is 16.5. The van der Waals surface area contributed by atoms with Gasteiger partial charge in [0.15, 0.2) is 0 Å². The number of nitrogens with zero attached hydrogens (tertiary/aromatic N) is 4. The number of aromatic nitrogens is 2. The molecule has 1 aromatic carbocycles. The number of hydrogen-bond acceptors (Lipinski definition) is 5. The molecule has 28 heavy (non-hydrogen) atoms. The molecule has 0 radical (unpaired) electrons. The van der Waals surface area contributed by atoms with Gasteiger partial charge in [0.1, 0.15) is 0 Å². The fraction of sp³-hybridized carbons (Fsp3) is 0.600. The van der Waals surface area contributed by atoms with Crippen molar-refractivity contribution in [2.24, 2.45) is 5.41 Å². The predicted octanol–water partition coefficient (Wildman–Crippen LogP) is 3.28. The molecule has 0 unspecified atom stereocenters. The molecule has 1 saturated carbocycles. The highest BCUT2D eigenvalue weighted by Crippen LogP contribution is 2.64. The van der Waals surface area contributed by atoms with Crippen molar-refractivity contribution in [3.05, 3.63) is 36.2 Å². The fourth-order valence-corrected chi connectivity index (χ4v) is 5.58. The molecule has 2 aliphatic rings. The molecule has 4 rings (SSSR count). The van der Waals surface area contributed by atoms with Gasteiger partial charge in [-0.15, -0.1) is 10.2 Å². The Morgan fingerprint density at radius 2 is 1.93 bits per heavy atom. The van der Waals surface area contributed by atoms with E-state index in [0.29, 0.717) is 31.4 Å². The first-order chi connectivity index (χ1) is 13.5. The van der Waals surface area contributed by atoms with Crippen LogP contribution in [0.5, 0.6) is 0 Å². The number of rotatable bonds is 7. The zero-order chi connectivity index (χ0) is 19.8. The minimum Gasteiger partial charge on any atom is -0.420 e. The van der Waals surface area contributed by atoms with Crippen molar-refractivity contribution in [3.63, 3.8) is 0 Å². The highest BCUT2D eigenvalue weighted by Gasteiger charge is 2.59. The number of piperidine rings is 1. The topological polar surface area (TPSA) is 79.5 Å². The van der Waals surface area contributed by atoms with E-state index in [9.17, 15) is 8.42 Å². The van der Waals surface area contributed by atoms with Crippen LogP contribution < -0.4 is 0 Å². The van der Waals surface area contributed by atoms with Gasteiger partial charge in [0.2, 0.25) is 11.8 Å². The Morgan fingerprint density at radius 3 is 2.61 bits per heavy atom. The van der Waals surface area contributed by atoms with E-state index in [0.717, 1.165) is 37.7 Å². The van der Waals surface area contributed by atoms with Crippen molar-refractivity contribution in [2.45, 2.75) is 44.9 Å². The molecule has 0 bridgehead atoms. The minimum atomic E-state index is -3.36. The average Bonchev–Trinajstić information content (AvgIpc) is 3.18. The van der Waals surface area contributed by atoms with Crippen molar-refractivity contribution in [2.75, 3.05) is 26.7 Å². The van der Waals surface area contributed by atoms with Crippen molar-refractivity contribution in [1.29, 1.82) is 0 Å². The zero-order valence-corrected chi connectivity index (χ0v) is 17.4. The molecule has 7 nitrogen and oxygen atoms in total. The average molecular weight is 405 g/mol. The molecule has 1 aliphatic heterocycles. The summed E-state index contributed by atoms with van der Waals surface area (Å²) >= 11 is 0. The Balaban J connectivity index is 1.38. The van der Waals surface area contributed by atoms with Crippen LogP contribution in [0, 0.1) is 5.41 Å². The van der Waals surface area contributed by atoms with Gasteiger partial charge < -0.3 is 4.42 Å². The lowest BCUT2D eigenvalue weighted by Crippen LogP contribution is -2.46. The summed E-state index contributed by atoms with van der Waals surface area (Å²) < 4.78 is 34.5. The minimum absolute atomic E-state index is 0.120. The van der Waals surface area contributed by atoms with Crippen LogP contribution in [0.4, 0.5) is 0 Å². The van der Waals surface area contributed by atoms with Gasteiger partial charge in [0.05, 0.1) is 0 Å². The Morgan fingerprint density at radius 1 is 1.21 bits per heavy atom. The molecule has 2 heterocycles. The molecule has 1 atom stereocenters. The van der Waals surface area contributed by atoms with Gasteiger partial charge in [-0.3, -0.25) is 0 Å². The standard InChI is InChI=1S/C20H28N4O3S/c1-3-4-12-23(2)28(25,26)24-13-10-20(11-14-24)15-17(20)19-22-21-18(27-19)16-8-6-5-7-9-16/h5-9,17H,3-4,10-15H2,1-2H3/t17-/m0/s1. The molecule has 8 heteroatoms. The van der Waals surface area contributed by atoms with E-state index in [2.05, 4.69) is 17.1 Å². The molecular weight excluding hydrogens is 376 g/mol. The predicted molar refractivity (Wildman–Crippen MR) is 107 cm³/mol. The lowest BCUT2D eigenvalue weighted by atomic mass is 9.92. The first kappa shape index (κ1) is 19.5. The van der Waals surface area contributed by atoms with Crippen LogP contribution >= 0.6 is 0 Å². The Kier molecular flexibility index (Phi) is 5.28. The maximum absolute atomic E-state index is 12.7. The molecule has 0 N–H and O–H groups in total. The maximum Gasteiger partial charge on any atom is 0.281 e. The molecule has 1 aliphatic carbocycles. The van der Waals surface area contributed by atoms with Crippen LogP contribution in [-0.2, 0) is 10.2 Å². The van der Waals surface area contributed by atoms with Crippen molar-refractivity contribution in [3.8, 4) is 11.5 Å². The molecule has 1 spiro atoms. The van der Waals surface area contributed by atoms with E-state index in [1.165, 1.54) is 4.31 Å². The molecule has 1 saturated heterocycles. The fourth-order valence-electron chi connectivity index (χ4n) is 4.18. The highest BCUT2D eigenvalue weighted by atomic mass is 32.2. The first-order valence-corrected chi connectivity index (χ1v) is 11.5. The molecule has 1 aromatic heterocycles. The van der Waals surface area contributed by atoms with Crippen molar-refractivity contribution in [1.82, 2.24) is 18.8 Å². The Labute approximate surface area is 166 Å². The third-order valence-corrected chi connectivity index (χ3v) is 8.20. The lowest BCUT2D eigenvalue weighted by molar-refractivity contribution is 0.234. The molecule has 152 valence electrons. The SMILES string of the molecule is CCCCN(C)S(=O)(=O)N1CCC2(CC1)C[C@H]2c1nnc(-c2ccccc2)o1. The maximum atomic E-state index is 12.7. The summed E-state index contributed by atoms with van der Waals surface area (Å²) in [6.45, 7) is 3.77. The highest BCUT2D eigenvalue weighted by molar-refractivity contribution is 7.86. The summed E-state index contributed by atoms with van der Waals surface area (Å²) in [5.74, 6) is 1.49. The van der Waals surface area contributed by atoms with Crippen LogP contribution in [0.15, 0.2) is 34.7 Å². The number of benzene rings is 1. The molecule has 2 fully saturated rings. The summed E-state index contributed by atoms with van der Waals surface area (Å²) in [5, 5.41) is 8.48. The summed E-state index contributed by atoms with van der Waals surface area (Å²) in [5.41, 5.74) is 1.04. The molecule has 0 amide bonds. The van der Waals surface area contributed by atoms with Gasteiger partial charge in [-0.25, -0.2) is 0 Å². The van der Waals surface area contributed by atoms with Gasteiger partial charge >= 0.3 is 0 Å². The van der Waals surface area contributed by atoms with Crippen LogP contribution in [0.1, 0.15) is 50.8 Å².